The highest BCUT2D eigenvalue weighted by Crippen LogP contribution is 2.24. The van der Waals surface area contributed by atoms with Gasteiger partial charge < -0.3 is 35.0 Å². The number of aromatic nitrogens is 2. The Bertz CT molecular complexity index is 1690. The van der Waals surface area contributed by atoms with Crippen LogP contribution in [0, 0.1) is 11.3 Å². The van der Waals surface area contributed by atoms with Gasteiger partial charge in [0.1, 0.15) is 17.8 Å². The zero-order chi connectivity index (χ0) is 40.1. The smallest absolute Gasteiger partial charge is 0.407 e. The summed E-state index contributed by atoms with van der Waals surface area (Å²) in [6, 6.07) is 17.4. The summed E-state index contributed by atoms with van der Waals surface area (Å²) in [5, 5.41) is 27.4. The van der Waals surface area contributed by atoms with E-state index in [2.05, 4.69) is 26.3 Å². The molecule has 1 aliphatic rings. The standard InChI is InChI=1S/C40H56N8O7/c1-8-27(2)34(48-22-21-46(39(48)53)25-30-15-12-20-41-44-30)36(50)42-32(23-28-13-10-9-11-14-28)33(49)26-47(24-29-16-18-31(54-6)19-17-29)45-37(51)35(40(3,4)5)43-38(52)55-7/h9-20,27,32-35,49H,8,21-26H2,1-7H3,(H,42,50)(H,43,52)(H,45,51)/t27-,32-,33-,34-,35+/m0/s1. The number of hydrogen-bond acceptors (Lipinski definition) is 10. The maximum Gasteiger partial charge on any atom is 0.407 e. The maximum absolute atomic E-state index is 14.4. The number of alkyl carbamates (subject to hydrolysis) is 1. The van der Waals surface area contributed by atoms with E-state index in [9.17, 15) is 24.3 Å². The van der Waals surface area contributed by atoms with E-state index in [-0.39, 0.29) is 43.9 Å². The molecule has 1 aromatic heterocycles. The summed E-state index contributed by atoms with van der Waals surface area (Å²) in [5.74, 6) is -0.441. The first-order chi connectivity index (χ1) is 26.2. The average Bonchev–Trinajstić information content (AvgIpc) is 3.52. The van der Waals surface area contributed by atoms with Crippen LogP contribution in [0.25, 0.3) is 0 Å². The lowest BCUT2D eigenvalue weighted by Gasteiger charge is -2.36. The molecule has 3 aromatic rings. The first-order valence-electron chi connectivity index (χ1n) is 18.6. The van der Waals surface area contributed by atoms with E-state index < -0.39 is 41.6 Å². The number of methoxy groups -OCH3 is 2. The van der Waals surface area contributed by atoms with Crippen LogP contribution in [-0.2, 0) is 33.8 Å². The topological polar surface area (TPSA) is 179 Å². The summed E-state index contributed by atoms with van der Waals surface area (Å²) < 4.78 is 10.1. The molecule has 298 valence electrons. The van der Waals surface area contributed by atoms with E-state index in [0.29, 0.717) is 31.0 Å². The van der Waals surface area contributed by atoms with Crippen molar-refractivity contribution in [3.8, 4) is 5.75 Å². The number of nitrogens with one attached hydrogen (secondary N) is 3. The number of hydrazine groups is 1. The van der Waals surface area contributed by atoms with Crippen molar-refractivity contribution in [2.75, 3.05) is 33.9 Å². The van der Waals surface area contributed by atoms with Crippen molar-refractivity contribution in [1.82, 2.24) is 41.1 Å². The predicted octanol–water partition coefficient (Wildman–Crippen LogP) is 3.53. The molecular formula is C40H56N8O7. The van der Waals surface area contributed by atoms with E-state index in [1.807, 2.05) is 77.1 Å². The van der Waals surface area contributed by atoms with Crippen LogP contribution >= 0.6 is 0 Å². The predicted molar refractivity (Wildman–Crippen MR) is 206 cm³/mol. The molecule has 0 radical (unpaired) electrons. The highest BCUT2D eigenvalue weighted by atomic mass is 16.5. The van der Waals surface area contributed by atoms with Crippen molar-refractivity contribution >= 4 is 23.9 Å². The first kappa shape index (κ1) is 42.5. The monoisotopic (exact) mass is 760 g/mol. The van der Waals surface area contributed by atoms with Gasteiger partial charge in [-0.1, -0.05) is 83.5 Å². The van der Waals surface area contributed by atoms with Gasteiger partial charge in [-0.3, -0.25) is 15.0 Å². The molecule has 2 aromatic carbocycles. The van der Waals surface area contributed by atoms with E-state index in [0.717, 1.165) is 11.1 Å². The van der Waals surface area contributed by atoms with Crippen molar-refractivity contribution in [1.29, 1.82) is 0 Å². The van der Waals surface area contributed by atoms with Gasteiger partial charge in [0.25, 0.3) is 5.91 Å². The molecule has 1 fully saturated rings. The molecule has 1 aliphatic heterocycles. The molecular weight excluding hydrogens is 704 g/mol. The summed E-state index contributed by atoms with van der Waals surface area (Å²) in [7, 11) is 2.79. The molecule has 1 saturated heterocycles. The molecule has 2 heterocycles. The second-order valence-electron chi connectivity index (χ2n) is 15.0. The molecule has 5 amide bonds. The fourth-order valence-corrected chi connectivity index (χ4v) is 6.50. The van der Waals surface area contributed by atoms with Crippen LogP contribution in [0.1, 0.15) is 57.9 Å². The molecule has 15 heteroatoms. The van der Waals surface area contributed by atoms with E-state index in [4.69, 9.17) is 9.47 Å². The van der Waals surface area contributed by atoms with Crippen LogP contribution in [0.5, 0.6) is 5.75 Å². The van der Waals surface area contributed by atoms with Gasteiger partial charge in [-0.25, -0.2) is 14.6 Å². The van der Waals surface area contributed by atoms with Crippen LogP contribution in [0.4, 0.5) is 9.59 Å². The van der Waals surface area contributed by atoms with Crippen LogP contribution < -0.4 is 20.8 Å². The number of urea groups is 1. The molecule has 0 spiro atoms. The Balaban J connectivity index is 1.61. The Morgan fingerprint density at radius 3 is 2.25 bits per heavy atom. The number of aliphatic hydroxyl groups is 1. The molecule has 15 nitrogen and oxygen atoms in total. The molecule has 0 unspecified atom stereocenters. The Labute approximate surface area is 323 Å². The van der Waals surface area contributed by atoms with Crippen molar-refractivity contribution in [3.05, 3.63) is 89.7 Å². The zero-order valence-corrected chi connectivity index (χ0v) is 32.9. The van der Waals surface area contributed by atoms with Crippen LogP contribution in [0.3, 0.4) is 0 Å². The van der Waals surface area contributed by atoms with Crippen molar-refractivity contribution < 1.29 is 33.8 Å². The van der Waals surface area contributed by atoms with Gasteiger partial charge in [0.05, 0.1) is 38.6 Å². The third-order valence-corrected chi connectivity index (χ3v) is 9.77. The number of ether oxygens (including phenoxy) is 2. The highest BCUT2D eigenvalue weighted by Gasteiger charge is 2.41. The second-order valence-corrected chi connectivity index (χ2v) is 15.0. The number of rotatable bonds is 18. The van der Waals surface area contributed by atoms with Crippen LogP contribution in [0.15, 0.2) is 72.9 Å². The molecule has 5 atom stereocenters. The number of nitrogens with zero attached hydrogens (tertiary/aromatic N) is 5. The average molecular weight is 761 g/mol. The fourth-order valence-electron chi connectivity index (χ4n) is 6.50. The SMILES string of the molecule is CC[C@H](C)[C@@H](C(=O)N[C@@H](Cc1ccccc1)[C@@H](O)CN(Cc1ccc(OC)cc1)NC(=O)[C@@H](NC(=O)OC)C(C)(C)C)N1CCN(Cc2cccnn2)C1=O. The third kappa shape index (κ3) is 12.1. The second kappa shape index (κ2) is 19.9. The molecule has 0 aliphatic carbocycles. The number of hydrogen-bond donors (Lipinski definition) is 4. The van der Waals surface area contributed by atoms with E-state index in [1.165, 1.54) is 7.11 Å². The van der Waals surface area contributed by atoms with Gasteiger partial charge in [-0.15, -0.1) is 0 Å². The third-order valence-electron chi connectivity index (χ3n) is 9.77. The fraction of sp³-hybridized carbons (Fsp3) is 0.500. The van der Waals surface area contributed by atoms with Gasteiger partial charge in [-0.05, 0) is 53.1 Å². The minimum Gasteiger partial charge on any atom is -0.497 e. The van der Waals surface area contributed by atoms with Gasteiger partial charge in [0.15, 0.2) is 0 Å². The van der Waals surface area contributed by atoms with E-state index >= 15 is 0 Å². The summed E-state index contributed by atoms with van der Waals surface area (Å²) in [6.07, 6.45) is 0.513. The Kier molecular flexibility index (Phi) is 15.3. The van der Waals surface area contributed by atoms with Crippen molar-refractivity contribution in [2.45, 2.75) is 84.8 Å². The Morgan fingerprint density at radius 2 is 1.65 bits per heavy atom. The molecule has 4 N–H and O–H groups in total. The Hall–Kier alpha value is -5.28. The molecule has 0 bridgehead atoms. The van der Waals surface area contributed by atoms with Gasteiger partial charge in [0.2, 0.25) is 5.91 Å². The maximum atomic E-state index is 14.4. The molecule has 55 heavy (non-hydrogen) atoms. The molecule has 4 rings (SSSR count). The normalized spacial score (nSPS) is 15.8. The Morgan fingerprint density at radius 1 is 0.945 bits per heavy atom. The van der Waals surface area contributed by atoms with E-state index in [1.54, 1.807) is 52.4 Å². The van der Waals surface area contributed by atoms with Crippen molar-refractivity contribution in [2.24, 2.45) is 11.3 Å². The van der Waals surface area contributed by atoms with Crippen LogP contribution in [0.2, 0.25) is 0 Å². The summed E-state index contributed by atoms with van der Waals surface area (Å²) >= 11 is 0. The number of aliphatic hydroxyl groups excluding tert-OH is 1. The highest BCUT2D eigenvalue weighted by molar-refractivity contribution is 5.88. The lowest BCUT2D eigenvalue weighted by atomic mass is 9.86. The lowest BCUT2D eigenvalue weighted by Crippen LogP contribution is -2.60. The quantitative estimate of drug-likeness (QED) is 0.140. The number of benzene rings is 2. The van der Waals surface area contributed by atoms with Crippen LogP contribution in [-0.4, -0.2) is 112 Å². The van der Waals surface area contributed by atoms with Crippen molar-refractivity contribution in [3.63, 3.8) is 0 Å². The van der Waals surface area contributed by atoms with Gasteiger partial charge in [0, 0.05) is 32.4 Å². The number of carbonyl (C=O) groups is 4. The summed E-state index contributed by atoms with van der Waals surface area (Å²) in [5.41, 5.74) is 4.54. The van der Waals surface area contributed by atoms with Gasteiger partial charge in [-0.2, -0.15) is 10.2 Å². The lowest BCUT2D eigenvalue weighted by molar-refractivity contribution is -0.132. The van der Waals surface area contributed by atoms with Gasteiger partial charge >= 0.3 is 12.1 Å². The summed E-state index contributed by atoms with van der Waals surface area (Å²) in [6.45, 7) is 10.5. The molecule has 0 saturated carbocycles. The minimum absolute atomic E-state index is 0.104. The minimum atomic E-state index is -1.20. The number of amides is 5. The summed E-state index contributed by atoms with van der Waals surface area (Å²) in [4.78, 5) is 57.5. The largest absolute Gasteiger partial charge is 0.497 e. The zero-order valence-electron chi connectivity index (χ0n) is 32.9. The number of carbonyl (C=O) groups excluding carboxylic acids is 4. The first-order valence-corrected chi connectivity index (χ1v) is 18.6.